The van der Waals surface area contributed by atoms with Gasteiger partial charge in [-0.1, -0.05) is 0 Å². The summed E-state index contributed by atoms with van der Waals surface area (Å²) in [6, 6.07) is 1.81. The van der Waals surface area contributed by atoms with E-state index in [-0.39, 0.29) is 11.6 Å². The maximum Gasteiger partial charge on any atom is 0.252 e. The Morgan fingerprint density at radius 2 is 2.14 bits per heavy atom. The number of fused-ring (bicyclic) bond motifs is 1. The molecule has 3 heteroatoms. The van der Waals surface area contributed by atoms with Crippen molar-refractivity contribution in [2.75, 3.05) is 0 Å². The highest BCUT2D eigenvalue weighted by Crippen LogP contribution is 2.19. The summed E-state index contributed by atoms with van der Waals surface area (Å²) in [7, 11) is 0. The molecule has 0 aromatic carbocycles. The molecule has 0 aliphatic heterocycles. The van der Waals surface area contributed by atoms with Crippen LogP contribution in [0.25, 0.3) is 0 Å². The molecular formula is C11H16N2O. The lowest BCUT2D eigenvalue weighted by molar-refractivity contribution is 0.657. The van der Waals surface area contributed by atoms with Gasteiger partial charge in [0.15, 0.2) is 0 Å². The van der Waals surface area contributed by atoms with Crippen molar-refractivity contribution in [3.63, 3.8) is 0 Å². The Morgan fingerprint density at radius 3 is 2.86 bits per heavy atom. The van der Waals surface area contributed by atoms with Crippen LogP contribution in [0, 0.1) is 0 Å². The number of aromatic nitrogens is 1. The highest BCUT2D eigenvalue weighted by molar-refractivity contribution is 5.28. The van der Waals surface area contributed by atoms with Crippen molar-refractivity contribution in [2.45, 2.75) is 38.6 Å². The highest BCUT2D eigenvalue weighted by atomic mass is 16.1. The third-order valence-electron chi connectivity index (χ3n) is 2.86. The second-order valence-corrected chi connectivity index (χ2v) is 4.05. The Hall–Kier alpha value is -1.09. The minimum absolute atomic E-state index is 0.0133. The fraction of sp³-hybridized carbons (Fsp3) is 0.545. The number of aryl methyl sites for hydroxylation is 2. The van der Waals surface area contributed by atoms with E-state index in [1.165, 1.54) is 18.4 Å². The Kier molecular flexibility index (Phi) is 2.42. The van der Waals surface area contributed by atoms with Crippen LogP contribution in [-0.4, -0.2) is 4.98 Å². The molecule has 2 rings (SSSR count). The van der Waals surface area contributed by atoms with Gasteiger partial charge in [0.1, 0.15) is 0 Å². The Balaban J connectivity index is 2.51. The van der Waals surface area contributed by atoms with Crippen molar-refractivity contribution in [1.29, 1.82) is 0 Å². The average Bonchev–Trinajstić information content (AvgIpc) is 2.16. The van der Waals surface area contributed by atoms with Gasteiger partial charge in [-0.3, -0.25) is 4.79 Å². The fourth-order valence-corrected chi connectivity index (χ4v) is 2.03. The van der Waals surface area contributed by atoms with E-state index in [9.17, 15) is 4.79 Å². The number of hydrogen-bond acceptors (Lipinski definition) is 2. The molecule has 76 valence electrons. The van der Waals surface area contributed by atoms with Crippen molar-refractivity contribution < 1.29 is 0 Å². The third-order valence-corrected chi connectivity index (χ3v) is 2.86. The molecule has 1 atom stereocenters. The van der Waals surface area contributed by atoms with Gasteiger partial charge in [0.05, 0.1) is 0 Å². The van der Waals surface area contributed by atoms with Gasteiger partial charge in [-0.05, 0) is 44.2 Å². The lowest BCUT2D eigenvalue weighted by Gasteiger charge is -2.16. The third kappa shape index (κ3) is 1.60. The van der Waals surface area contributed by atoms with Gasteiger partial charge in [0, 0.05) is 17.3 Å². The monoisotopic (exact) mass is 192 g/mol. The van der Waals surface area contributed by atoms with Crippen molar-refractivity contribution in [2.24, 2.45) is 5.73 Å². The lowest BCUT2D eigenvalue weighted by atomic mass is 9.94. The molecule has 0 unspecified atom stereocenters. The summed E-state index contributed by atoms with van der Waals surface area (Å²) < 4.78 is 0. The van der Waals surface area contributed by atoms with Crippen LogP contribution < -0.4 is 11.3 Å². The zero-order chi connectivity index (χ0) is 10.1. The summed E-state index contributed by atoms with van der Waals surface area (Å²) in [6.45, 7) is 1.85. The number of aromatic amines is 1. The van der Waals surface area contributed by atoms with E-state index in [0.717, 1.165) is 18.5 Å². The molecule has 0 bridgehead atoms. The van der Waals surface area contributed by atoms with Crippen molar-refractivity contribution in [3.8, 4) is 0 Å². The predicted molar refractivity (Wildman–Crippen MR) is 56.3 cm³/mol. The second-order valence-electron chi connectivity index (χ2n) is 4.05. The second kappa shape index (κ2) is 3.58. The number of rotatable bonds is 1. The Bertz CT molecular complexity index is 393. The standard InChI is InChI=1S/C11H16N2O/c1-7(12)9-6-8-4-2-3-5-10(8)13-11(9)14/h6-7H,2-5,12H2,1H3,(H,13,14)/t7-/m0/s1. The van der Waals surface area contributed by atoms with Crippen LogP contribution in [0.4, 0.5) is 0 Å². The first-order valence-corrected chi connectivity index (χ1v) is 5.19. The van der Waals surface area contributed by atoms with E-state index in [0.29, 0.717) is 5.56 Å². The van der Waals surface area contributed by atoms with E-state index >= 15 is 0 Å². The molecule has 0 fully saturated rings. The van der Waals surface area contributed by atoms with Crippen LogP contribution in [0.15, 0.2) is 10.9 Å². The SMILES string of the molecule is C[C@H](N)c1cc2c([nH]c1=O)CCCC2. The van der Waals surface area contributed by atoms with Crippen molar-refractivity contribution in [1.82, 2.24) is 4.98 Å². The quantitative estimate of drug-likeness (QED) is 0.704. The van der Waals surface area contributed by atoms with Crippen LogP contribution in [-0.2, 0) is 12.8 Å². The fourth-order valence-electron chi connectivity index (χ4n) is 2.03. The number of nitrogens with one attached hydrogen (secondary N) is 1. The Labute approximate surface area is 83.3 Å². The summed E-state index contributed by atoms with van der Waals surface area (Å²) in [4.78, 5) is 14.5. The van der Waals surface area contributed by atoms with Gasteiger partial charge in [0.2, 0.25) is 0 Å². The average molecular weight is 192 g/mol. The van der Waals surface area contributed by atoms with E-state index in [4.69, 9.17) is 5.73 Å². The Morgan fingerprint density at radius 1 is 1.43 bits per heavy atom. The lowest BCUT2D eigenvalue weighted by Crippen LogP contribution is -2.23. The van der Waals surface area contributed by atoms with Crippen molar-refractivity contribution >= 4 is 0 Å². The number of H-pyrrole nitrogens is 1. The number of pyridine rings is 1. The van der Waals surface area contributed by atoms with Crippen molar-refractivity contribution in [3.05, 3.63) is 33.2 Å². The van der Waals surface area contributed by atoms with Gasteiger partial charge in [-0.25, -0.2) is 0 Å². The zero-order valence-electron chi connectivity index (χ0n) is 8.47. The van der Waals surface area contributed by atoms with E-state index < -0.39 is 0 Å². The van der Waals surface area contributed by atoms with Gasteiger partial charge >= 0.3 is 0 Å². The molecule has 0 radical (unpaired) electrons. The summed E-state index contributed by atoms with van der Waals surface area (Å²) in [5.41, 5.74) is 8.82. The number of hydrogen-bond donors (Lipinski definition) is 2. The minimum atomic E-state index is -0.175. The van der Waals surface area contributed by atoms with E-state index in [1.54, 1.807) is 0 Å². The molecule has 1 heterocycles. The van der Waals surface area contributed by atoms with Gasteiger partial charge in [-0.2, -0.15) is 0 Å². The molecule has 3 nitrogen and oxygen atoms in total. The maximum atomic E-state index is 11.6. The molecule has 14 heavy (non-hydrogen) atoms. The summed E-state index contributed by atoms with van der Waals surface area (Å²) in [6.07, 6.45) is 4.48. The molecule has 0 spiro atoms. The summed E-state index contributed by atoms with van der Waals surface area (Å²) in [5.74, 6) is 0. The predicted octanol–water partition coefficient (Wildman–Crippen LogP) is 1.27. The first kappa shape index (κ1) is 9.46. The van der Waals surface area contributed by atoms with Crippen LogP contribution in [0.1, 0.15) is 42.6 Å². The van der Waals surface area contributed by atoms with Crippen LogP contribution >= 0.6 is 0 Å². The summed E-state index contributed by atoms with van der Waals surface area (Å²) >= 11 is 0. The largest absolute Gasteiger partial charge is 0.326 e. The molecule has 1 aromatic rings. The smallest absolute Gasteiger partial charge is 0.252 e. The molecule has 0 saturated heterocycles. The van der Waals surface area contributed by atoms with Gasteiger partial charge in [-0.15, -0.1) is 0 Å². The van der Waals surface area contributed by atoms with Crippen LogP contribution in [0.2, 0.25) is 0 Å². The van der Waals surface area contributed by atoms with Crippen LogP contribution in [0.3, 0.4) is 0 Å². The van der Waals surface area contributed by atoms with E-state index in [2.05, 4.69) is 4.98 Å². The molecule has 1 aromatic heterocycles. The first-order valence-electron chi connectivity index (χ1n) is 5.19. The summed E-state index contributed by atoms with van der Waals surface area (Å²) in [5, 5.41) is 0. The maximum absolute atomic E-state index is 11.6. The highest BCUT2D eigenvalue weighted by Gasteiger charge is 2.13. The topological polar surface area (TPSA) is 58.9 Å². The molecular weight excluding hydrogens is 176 g/mol. The number of nitrogens with two attached hydrogens (primary N) is 1. The van der Waals surface area contributed by atoms with Gasteiger partial charge < -0.3 is 10.7 Å². The first-order chi connectivity index (χ1) is 6.68. The van der Waals surface area contributed by atoms with E-state index in [1.807, 2.05) is 13.0 Å². The molecule has 0 saturated carbocycles. The minimum Gasteiger partial charge on any atom is -0.326 e. The normalized spacial score (nSPS) is 17.6. The molecule has 1 aliphatic rings. The van der Waals surface area contributed by atoms with Gasteiger partial charge in [0.25, 0.3) is 5.56 Å². The molecule has 3 N–H and O–H groups in total. The molecule has 1 aliphatic carbocycles. The van der Waals surface area contributed by atoms with Crippen LogP contribution in [0.5, 0.6) is 0 Å². The molecule has 0 amide bonds. The zero-order valence-corrected chi connectivity index (χ0v) is 8.47.